The molecule has 0 radical (unpaired) electrons. The maximum Gasteiger partial charge on any atom is 0.269 e. The second kappa shape index (κ2) is 9.12. The Hall–Kier alpha value is -3.82. The van der Waals surface area contributed by atoms with Crippen LogP contribution in [0.4, 0.5) is 11.5 Å². The second-order valence-electron chi connectivity index (χ2n) is 6.93. The third-order valence-corrected chi connectivity index (χ3v) is 4.65. The number of hydrogen-bond donors (Lipinski definition) is 2. The van der Waals surface area contributed by atoms with Gasteiger partial charge in [-0.1, -0.05) is 6.92 Å². The summed E-state index contributed by atoms with van der Waals surface area (Å²) in [6.45, 7) is 2.28. The molecule has 0 fully saturated rings. The van der Waals surface area contributed by atoms with Gasteiger partial charge >= 0.3 is 0 Å². The molecule has 2 aromatic heterocycles. The van der Waals surface area contributed by atoms with Crippen LogP contribution in [-0.4, -0.2) is 37.1 Å². The van der Waals surface area contributed by atoms with Gasteiger partial charge in [-0.3, -0.25) is 19.6 Å². The molecule has 0 saturated carbocycles. The number of nitro groups is 1. The minimum absolute atomic E-state index is 0.00319. The number of aryl methyl sites for hydroxylation is 2. The van der Waals surface area contributed by atoms with E-state index < -0.39 is 16.7 Å². The number of benzene rings is 1. The first-order valence-corrected chi connectivity index (χ1v) is 9.49. The van der Waals surface area contributed by atoms with E-state index in [2.05, 4.69) is 20.4 Å². The Labute approximate surface area is 173 Å². The van der Waals surface area contributed by atoms with E-state index in [9.17, 15) is 14.9 Å². The van der Waals surface area contributed by atoms with Crippen molar-refractivity contribution in [2.24, 2.45) is 18.7 Å². The summed E-state index contributed by atoms with van der Waals surface area (Å²) in [5.41, 5.74) is 7.98. The molecular weight excluding hydrogens is 386 g/mol. The third-order valence-electron chi connectivity index (χ3n) is 4.65. The minimum Gasteiger partial charge on any atom is -0.369 e. The van der Waals surface area contributed by atoms with E-state index in [-0.39, 0.29) is 5.69 Å². The second-order valence-corrected chi connectivity index (χ2v) is 6.93. The molecule has 1 amide bonds. The lowest BCUT2D eigenvalue weighted by molar-refractivity contribution is -0.384. The molecule has 1 atom stereocenters. The number of anilines is 1. The van der Waals surface area contributed by atoms with Crippen molar-refractivity contribution in [3.05, 3.63) is 64.1 Å². The molecule has 3 N–H and O–H groups in total. The van der Waals surface area contributed by atoms with Crippen molar-refractivity contribution in [1.82, 2.24) is 19.7 Å². The summed E-state index contributed by atoms with van der Waals surface area (Å²) in [5, 5.41) is 18.2. The van der Waals surface area contributed by atoms with Crippen LogP contribution in [0, 0.1) is 16.0 Å². The molecule has 10 nitrogen and oxygen atoms in total. The fraction of sp³-hybridized carbons (Fsp3) is 0.300. The van der Waals surface area contributed by atoms with Crippen LogP contribution >= 0.6 is 0 Å². The zero-order valence-corrected chi connectivity index (χ0v) is 16.8. The topological polar surface area (TPSA) is 142 Å². The first kappa shape index (κ1) is 20.9. The lowest BCUT2D eigenvalue weighted by Crippen LogP contribution is -2.31. The molecule has 10 heteroatoms. The average molecular weight is 409 g/mol. The van der Waals surface area contributed by atoms with Gasteiger partial charge in [0, 0.05) is 49.2 Å². The van der Waals surface area contributed by atoms with Gasteiger partial charge in [0.15, 0.2) is 5.82 Å². The lowest BCUT2D eigenvalue weighted by Gasteiger charge is -2.15. The summed E-state index contributed by atoms with van der Waals surface area (Å²) in [7, 11) is 1.81. The number of nitrogens with one attached hydrogen (secondary N) is 1. The Morgan fingerprint density at radius 1 is 1.30 bits per heavy atom. The van der Waals surface area contributed by atoms with E-state index in [4.69, 9.17) is 5.73 Å². The van der Waals surface area contributed by atoms with Crippen LogP contribution in [0.1, 0.15) is 18.2 Å². The molecule has 3 rings (SSSR count). The van der Waals surface area contributed by atoms with Crippen LogP contribution < -0.4 is 11.1 Å². The van der Waals surface area contributed by atoms with Crippen molar-refractivity contribution >= 4 is 17.4 Å². The van der Waals surface area contributed by atoms with Gasteiger partial charge in [-0.2, -0.15) is 5.10 Å². The summed E-state index contributed by atoms with van der Waals surface area (Å²) in [4.78, 5) is 31.3. The molecular formula is C20H23N7O3. The van der Waals surface area contributed by atoms with Crippen molar-refractivity contribution in [1.29, 1.82) is 0 Å². The average Bonchev–Trinajstić information content (AvgIpc) is 3.15. The van der Waals surface area contributed by atoms with Gasteiger partial charge in [-0.25, -0.2) is 9.97 Å². The predicted molar refractivity (Wildman–Crippen MR) is 112 cm³/mol. The monoisotopic (exact) mass is 409 g/mol. The van der Waals surface area contributed by atoms with Gasteiger partial charge in [0.05, 0.1) is 17.0 Å². The van der Waals surface area contributed by atoms with Crippen molar-refractivity contribution in [3.63, 3.8) is 0 Å². The number of amides is 1. The Balaban J connectivity index is 1.78. The van der Waals surface area contributed by atoms with E-state index in [0.29, 0.717) is 36.6 Å². The van der Waals surface area contributed by atoms with Crippen molar-refractivity contribution < 1.29 is 9.72 Å². The van der Waals surface area contributed by atoms with Crippen LogP contribution in [0.25, 0.3) is 11.4 Å². The number of nitrogens with zero attached hydrogens (tertiary/aromatic N) is 5. The molecule has 3 aromatic rings. The summed E-state index contributed by atoms with van der Waals surface area (Å²) >= 11 is 0. The summed E-state index contributed by atoms with van der Waals surface area (Å²) in [5.74, 6) is 0.172. The highest BCUT2D eigenvalue weighted by Gasteiger charge is 2.18. The first-order chi connectivity index (χ1) is 14.4. The van der Waals surface area contributed by atoms with Crippen LogP contribution in [0.5, 0.6) is 0 Å². The Morgan fingerprint density at radius 3 is 2.60 bits per heavy atom. The lowest BCUT2D eigenvalue weighted by atomic mass is 10.0. The number of hydrogen-bond acceptors (Lipinski definition) is 7. The van der Waals surface area contributed by atoms with E-state index >= 15 is 0 Å². The first-order valence-electron chi connectivity index (χ1n) is 9.49. The summed E-state index contributed by atoms with van der Waals surface area (Å²) in [6, 6.07) is 7.89. The highest BCUT2D eigenvalue weighted by molar-refractivity contribution is 5.77. The quantitative estimate of drug-likeness (QED) is 0.407. The van der Waals surface area contributed by atoms with E-state index in [1.165, 1.54) is 12.1 Å². The van der Waals surface area contributed by atoms with Crippen LogP contribution in [-0.2, 0) is 24.7 Å². The molecule has 0 aliphatic rings. The number of nitrogens with two attached hydrogens (primary N) is 1. The molecule has 0 aliphatic heterocycles. The molecule has 1 aromatic carbocycles. The normalized spacial score (nSPS) is 11.8. The molecule has 30 heavy (non-hydrogen) atoms. The van der Waals surface area contributed by atoms with E-state index in [0.717, 1.165) is 11.3 Å². The molecule has 0 spiro atoms. The minimum atomic E-state index is -0.452. The van der Waals surface area contributed by atoms with E-state index in [1.807, 2.05) is 26.2 Å². The van der Waals surface area contributed by atoms with Gasteiger partial charge in [-0.15, -0.1) is 0 Å². The molecule has 0 unspecified atom stereocenters. The SMILES string of the molecule is CCc1cc(NC[C@@H](Cc2cnn(C)c2)C(N)=O)nc(-c2ccc([N+](=O)[O-])cc2)n1. The number of rotatable bonds is 9. The fourth-order valence-electron chi connectivity index (χ4n) is 2.99. The molecule has 0 saturated heterocycles. The number of non-ortho nitro benzene ring substituents is 1. The van der Waals surface area contributed by atoms with E-state index in [1.54, 1.807) is 23.0 Å². The Morgan fingerprint density at radius 2 is 2.03 bits per heavy atom. The number of nitro benzene ring substituents is 1. The van der Waals surface area contributed by atoms with Gasteiger partial charge in [0.1, 0.15) is 5.82 Å². The molecule has 0 aliphatic carbocycles. The maximum absolute atomic E-state index is 11.9. The Bertz CT molecular complexity index is 1050. The smallest absolute Gasteiger partial charge is 0.269 e. The van der Waals surface area contributed by atoms with Crippen molar-refractivity contribution in [3.8, 4) is 11.4 Å². The third kappa shape index (κ3) is 5.16. The fourth-order valence-corrected chi connectivity index (χ4v) is 2.99. The largest absolute Gasteiger partial charge is 0.369 e. The number of carbonyl (C=O) groups is 1. The number of aromatic nitrogens is 4. The summed E-state index contributed by atoms with van der Waals surface area (Å²) < 4.78 is 1.68. The predicted octanol–water partition coefficient (Wildman–Crippen LogP) is 2.10. The van der Waals surface area contributed by atoms with Crippen LogP contribution in [0.15, 0.2) is 42.7 Å². The zero-order chi connectivity index (χ0) is 21.7. The Kier molecular flexibility index (Phi) is 6.35. The maximum atomic E-state index is 11.9. The molecule has 2 heterocycles. The molecule has 0 bridgehead atoms. The van der Waals surface area contributed by atoms with Crippen molar-refractivity contribution in [2.75, 3.05) is 11.9 Å². The van der Waals surface area contributed by atoms with Gasteiger partial charge in [0.2, 0.25) is 5.91 Å². The summed E-state index contributed by atoms with van der Waals surface area (Å²) in [6.07, 6.45) is 4.72. The van der Waals surface area contributed by atoms with Crippen LogP contribution in [0.2, 0.25) is 0 Å². The van der Waals surface area contributed by atoms with Gasteiger partial charge in [-0.05, 0) is 30.5 Å². The highest BCUT2D eigenvalue weighted by Crippen LogP contribution is 2.22. The highest BCUT2D eigenvalue weighted by atomic mass is 16.6. The van der Waals surface area contributed by atoms with Gasteiger partial charge in [0.25, 0.3) is 5.69 Å². The standard InChI is InChI=1S/C20H23N7O3/c1-3-16-9-18(22-11-15(19(21)28)8-13-10-23-26(2)12-13)25-20(24-16)14-4-6-17(7-5-14)27(29)30/h4-7,9-10,12,15H,3,8,11H2,1-2H3,(H2,21,28)(H,22,24,25)/t15-/m1/s1. The van der Waals surface area contributed by atoms with Crippen molar-refractivity contribution in [2.45, 2.75) is 19.8 Å². The van der Waals surface area contributed by atoms with Crippen LogP contribution in [0.3, 0.4) is 0 Å². The molecule has 156 valence electrons. The number of primary amides is 1. The zero-order valence-electron chi connectivity index (χ0n) is 16.8. The number of carbonyl (C=O) groups excluding carboxylic acids is 1. The van der Waals surface area contributed by atoms with Gasteiger partial charge < -0.3 is 11.1 Å².